The molecule has 6 nitrogen and oxygen atoms in total. The summed E-state index contributed by atoms with van der Waals surface area (Å²) in [6, 6.07) is 5.22. The molecule has 0 N–H and O–H groups in total. The van der Waals surface area contributed by atoms with Gasteiger partial charge in [-0.1, -0.05) is 12.8 Å². The van der Waals surface area contributed by atoms with Crippen molar-refractivity contribution in [2.45, 2.75) is 32.6 Å². The molecule has 0 unspecified atom stereocenters. The van der Waals surface area contributed by atoms with Crippen LogP contribution in [0.3, 0.4) is 0 Å². The average molecular weight is 334 g/mol. The Balaban J connectivity index is 2.23. The molecule has 1 aromatic rings. The van der Waals surface area contributed by atoms with E-state index in [4.69, 9.17) is 9.47 Å². The van der Waals surface area contributed by atoms with Gasteiger partial charge in [0.15, 0.2) is 0 Å². The molecule has 132 valence electrons. The number of ether oxygens (including phenoxy) is 2. The first kappa shape index (κ1) is 18.1. The number of carbonyl (C=O) groups is 2. The van der Waals surface area contributed by atoms with Crippen molar-refractivity contribution in [1.82, 2.24) is 4.90 Å². The molecule has 1 aliphatic heterocycles. The Morgan fingerprint density at radius 1 is 1.08 bits per heavy atom. The van der Waals surface area contributed by atoms with E-state index in [1.165, 1.54) is 11.8 Å². The van der Waals surface area contributed by atoms with E-state index in [1.54, 1.807) is 32.4 Å². The summed E-state index contributed by atoms with van der Waals surface area (Å²) in [6.07, 6.45) is 4.36. The minimum Gasteiger partial charge on any atom is -0.497 e. The molecule has 0 aliphatic carbocycles. The quantitative estimate of drug-likeness (QED) is 0.830. The number of rotatable bonds is 5. The first-order chi connectivity index (χ1) is 11.6. The van der Waals surface area contributed by atoms with Crippen molar-refractivity contribution in [2.75, 3.05) is 38.8 Å². The normalized spacial score (nSPS) is 14.7. The maximum Gasteiger partial charge on any atom is 0.242 e. The van der Waals surface area contributed by atoms with Gasteiger partial charge in [0.05, 0.1) is 19.9 Å². The Kier molecular flexibility index (Phi) is 6.46. The van der Waals surface area contributed by atoms with Gasteiger partial charge in [0, 0.05) is 26.1 Å². The first-order valence-corrected chi connectivity index (χ1v) is 8.34. The van der Waals surface area contributed by atoms with Gasteiger partial charge in [-0.3, -0.25) is 14.5 Å². The third-order valence-corrected chi connectivity index (χ3v) is 4.31. The predicted octanol–water partition coefficient (Wildman–Crippen LogP) is 2.46. The lowest BCUT2D eigenvalue weighted by Crippen LogP contribution is -2.42. The van der Waals surface area contributed by atoms with Gasteiger partial charge in [-0.05, 0) is 25.0 Å². The summed E-state index contributed by atoms with van der Waals surface area (Å²) in [5.74, 6) is 0.913. The summed E-state index contributed by atoms with van der Waals surface area (Å²) >= 11 is 0. The van der Waals surface area contributed by atoms with Gasteiger partial charge in [0.25, 0.3) is 0 Å². The molecule has 1 fully saturated rings. The summed E-state index contributed by atoms with van der Waals surface area (Å²) < 4.78 is 10.6. The highest BCUT2D eigenvalue weighted by Gasteiger charge is 2.23. The van der Waals surface area contributed by atoms with E-state index >= 15 is 0 Å². The van der Waals surface area contributed by atoms with Crippen LogP contribution in [0.4, 0.5) is 5.69 Å². The van der Waals surface area contributed by atoms with Gasteiger partial charge >= 0.3 is 0 Å². The zero-order valence-electron chi connectivity index (χ0n) is 14.7. The molecular weight excluding hydrogens is 308 g/mol. The van der Waals surface area contributed by atoms with Crippen LogP contribution in [0.1, 0.15) is 32.6 Å². The number of carbonyl (C=O) groups excluding carboxylic acids is 2. The largest absolute Gasteiger partial charge is 0.497 e. The van der Waals surface area contributed by atoms with Gasteiger partial charge < -0.3 is 14.4 Å². The van der Waals surface area contributed by atoms with Crippen LogP contribution in [0, 0.1) is 0 Å². The molecule has 1 aromatic carbocycles. The molecule has 0 spiro atoms. The van der Waals surface area contributed by atoms with Crippen molar-refractivity contribution in [1.29, 1.82) is 0 Å². The number of nitrogens with zero attached hydrogens (tertiary/aromatic N) is 2. The Labute approximate surface area is 143 Å². The lowest BCUT2D eigenvalue weighted by Gasteiger charge is -2.27. The van der Waals surface area contributed by atoms with Crippen molar-refractivity contribution in [3.05, 3.63) is 18.2 Å². The molecule has 1 saturated heterocycles. The third kappa shape index (κ3) is 4.40. The predicted molar refractivity (Wildman–Crippen MR) is 92.6 cm³/mol. The van der Waals surface area contributed by atoms with Gasteiger partial charge in [0.2, 0.25) is 11.8 Å². The Morgan fingerprint density at radius 2 is 1.75 bits per heavy atom. The smallest absolute Gasteiger partial charge is 0.242 e. The van der Waals surface area contributed by atoms with Crippen LogP contribution >= 0.6 is 0 Å². The van der Waals surface area contributed by atoms with E-state index in [9.17, 15) is 9.59 Å². The Hall–Kier alpha value is -2.24. The van der Waals surface area contributed by atoms with Crippen LogP contribution in [0.5, 0.6) is 11.5 Å². The zero-order valence-corrected chi connectivity index (χ0v) is 14.7. The lowest BCUT2D eigenvalue weighted by molar-refractivity contribution is -0.131. The fourth-order valence-electron chi connectivity index (χ4n) is 2.93. The van der Waals surface area contributed by atoms with E-state index < -0.39 is 0 Å². The number of anilines is 1. The maximum atomic E-state index is 12.7. The molecule has 24 heavy (non-hydrogen) atoms. The molecular formula is C18H26N2O4. The highest BCUT2D eigenvalue weighted by molar-refractivity contribution is 5.98. The van der Waals surface area contributed by atoms with E-state index in [0.717, 1.165) is 38.8 Å². The zero-order chi connectivity index (χ0) is 17.5. The van der Waals surface area contributed by atoms with Crippen LogP contribution in [0.2, 0.25) is 0 Å². The Bertz CT molecular complexity index is 580. The van der Waals surface area contributed by atoms with Crippen LogP contribution in [0.15, 0.2) is 18.2 Å². The maximum absolute atomic E-state index is 12.7. The van der Waals surface area contributed by atoms with Crippen molar-refractivity contribution in [2.24, 2.45) is 0 Å². The second-order valence-electron chi connectivity index (χ2n) is 5.94. The standard InChI is InChI=1S/C18H26N2O4/c1-14(21)20(13-18(22)19-10-6-4-5-7-11-19)16-12-15(23-2)8-9-17(16)24-3/h8-9,12H,4-7,10-11,13H2,1-3H3. The fourth-order valence-corrected chi connectivity index (χ4v) is 2.93. The third-order valence-electron chi connectivity index (χ3n) is 4.31. The number of likely N-dealkylation sites (tertiary alicyclic amines) is 1. The van der Waals surface area contributed by atoms with E-state index in [2.05, 4.69) is 0 Å². The number of methoxy groups -OCH3 is 2. The monoisotopic (exact) mass is 334 g/mol. The summed E-state index contributed by atoms with van der Waals surface area (Å²) in [5, 5.41) is 0. The van der Waals surface area contributed by atoms with Gasteiger partial charge in [0.1, 0.15) is 18.0 Å². The summed E-state index contributed by atoms with van der Waals surface area (Å²) in [4.78, 5) is 28.1. The second-order valence-corrected chi connectivity index (χ2v) is 5.94. The lowest BCUT2D eigenvalue weighted by atomic mass is 10.2. The molecule has 0 atom stereocenters. The summed E-state index contributed by atoms with van der Waals surface area (Å²) in [7, 11) is 3.10. The summed E-state index contributed by atoms with van der Waals surface area (Å²) in [6.45, 7) is 2.99. The van der Waals surface area contributed by atoms with Crippen LogP contribution in [0.25, 0.3) is 0 Å². The van der Waals surface area contributed by atoms with Crippen molar-refractivity contribution < 1.29 is 19.1 Å². The minimum atomic E-state index is -0.204. The molecule has 1 heterocycles. The molecule has 0 radical (unpaired) electrons. The molecule has 0 aromatic heterocycles. The molecule has 6 heteroatoms. The van der Waals surface area contributed by atoms with Gasteiger partial charge in [-0.25, -0.2) is 0 Å². The topological polar surface area (TPSA) is 59.1 Å². The average Bonchev–Trinajstić information content (AvgIpc) is 2.88. The molecule has 0 saturated carbocycles. The van der Waals surface area contributed by atoms with Crippen LogP contribution < -0.4 is 14.4 Å². The van der Waals surface area contributed by atoms with Crippen LogP contribution in [-0.2, 0) is 9.59 Å². The number of hydrogen-bond acceptors (Lipinski definition) is 4. The molecule has 2 amide bonds. The molecule has 0 bridgehead atoms. The van der Waals surface area contributed by atoms with Crippen molar-refractivity contribution in [3.8, 4) is 11.5 Å². The van der Waals surface area contributed by atoms with E-state index in [0.29, 0.717) is 17.2 Å². The minimum absolute atomic E-state index is 0.0128. The van der Waals surface area contributed by atoms with Gasteiger partial charge in [-0.15, -0.1) is 0 Å². The van der Waals surface area contributed by atoms with Crippen LogP contribution in [-0.4, -0.2) is 50.6 Å². The molecule has 2 rings (SSSR count). The fraction of sp³-hybridized carbons (Fsp3) is 0.556. The van der Waals surface area contributed by atoms with Crippen molar-refractivity contribution >= 4 is 17.5 Å². The summed E-state index contributed by atoms with van der Waals surface area (Å²) in [5.41, 5.74) is 0.549. The van der Waals surface area contributed by atoms with Crippen molar-refractivity contribution in [3.63, 3.8) is 0 Å². The Morgan fingerprint density at radius 3 is 2.29 bits per heavy atom. The van der Waals surface area contributed by atoms with E-state index in [1.807, 2.05) is 4.90 Å². The second kappa shape index (κ2) is 8.57. The van der Waals surface area contributed by atoms with E-state index in [-0.39, 0.29) is 18.4 Å². The molecule has 1 aliphatic rings. The highest BCUT2D eigenvalue weighted by Crippen LogP contribution is 2.32. The SMILES string of the molecule is COc1ccc(OC)c(N(CC(=O)N2CCCCCC2)C(C)=O)c1. The van der Waals surface area contributed by atoms with Gasteiger partial charge in [-0.2, -0.15) is 0 Å². The number of amides is 2. The number of hydrogen-bond donors (Lipinski definition) is 0. The first-order valence-electron chi connectivity index (χ1n) is 8.34. The number of benzene rings is 1. The highest BCUT2D eigenvalue weighted by atomic mass is 16.5.